The second-order valence-corrected chi connectivity index (χ2v) is 4.14. The van der Waals surface area contributed by atoms with Crippen LogP contribution in [0.2, 0.25) is 0 Å². The van der Waals surface area contributed by atoms with Crippen LogP contribution in [-0.4, -0.2) is 53.7 Å². The highest BCUT2D eigenvalue weighted by atomic mass is 35.5. The van der Waals surface area contributed by atoms with Crippen molar-refractivity contribution in [1.29, 1.82) is 0 Å². The van der Waals surface area contributed by atoms with Gasteiger partial charge in [0.15, 0.2) is 0 Å². The van der Waals surface area contributed by atoms with Crippen molar-refractivity contribution in [2.24, 2.45) is 0 Å². The first-order valence-corrected chi connectivity index (χ1v) is 5.67. The lowest BCUT2D eigenvalue weighted by atomic mass is 10.0. The van der Waals surface area contributed by atoms with Crippen LogP contribution in [-0.2, 0) is 9.59 Å². The van der Waals surface area contributed by atoms with E-state index in [0.29, 0.717) is 13.1 Å². The summed E-state index contributed by atoms with van der Waals surface area (Å²) in [6, 6.07) is 0.266. The Morgan fingerprint density at radius 2 is 1.93 bits per heavy atom. The summed E-state index contributed by atoms with van der Waals surface area (Å²) in [6.07, 6.45) is 1.69. The maximum Gasteiger partial charge on any atom is 0.237 e. The molecule has 0 saturated carbocycles. The van der Waals surface area contributed by atoms with E-state index in [1.165, 1.54) is 0 Å². The zero-order chi connectivity index (χ0) is 11.4. The Hall–Kier alpha value is -0.770. The van der Waals surface area contributed by atoms with E-state index in [1.54, 1.807) is 16.7 Å². The third kappa shape index (κ3) is 3.09. The number of hydrogen-bond donors (Lipinski definition) is 0. The van der Waals surface area contributed by atoms with Gasteiger partial charge in [0.2, 0.25) is 11.8 Å². The molecule has 4 nitrogen and oxygen atoms in total. The Labute approximate surface area is 95.2 Å². The molecule has 0 N–H and O–H groups in total. The summed E-state index contributed by atoms with van der Waals surface area (Å²) >= 11 is 5.48. The maximum absolute atomic E-state index is 11.3. The van der Waals surface area contributed by atoms with Crippen LogP contribution in [0.3, 0.4) is 0 Å². The van der Waals surface area contributed by atoms with Crippen molar-refractivity contribution in [3.8, 4) is 0 Å². The fourth-order valence-corrected chi connectivity index (χ4v) is 2.01. The average Bonchev–Trinajstić information content (AvgIpc) is 2.27. The van der Waals surface area contributed by atoms with Gasteiger partial charge >= 0.3 is 0 Å². The molecular formula is C10H17ClN2O2. The number of likely N-dealkylation sites (tertiary alicyclic amines) is 1. The molecule has 1 heterocycles. The van der Waals surface area contributed by atoms with Gasteiger partial charge in [0, 0.05) is 33.1 Å². The molecule has 1 fully saturated rings. The van der Waals surface area contributed by atoms with Crippen LogP contribution in [0.5, 0.6) is 0 Å². The predicted molar refractivity (Wildman–Crippen MR) is 58.8 cm³/mol. The summed E-state index contributed by atoms with van der Waals surface area (Å²) in [4.78, 5) is 25.9. The number of nitrogens with zero attached hydrogens (tertiary/aromatic N) is 2. The SMILES string of the molecule is CC(=O)N(C)C1CCN(C(=O)CCl)CC1. The highest BCUT2D eigenvalue weighted by molar-refractivity contribution is 6.27. The summed E-state index contributed by atoms with van der Waals surface area (Å²) in [6.45, 7) is 2.97. The van der Waals surface area contributed by atoms with E-state index in [2.05, 4.69) is 0 Å². The van der Waals surface area contributed by atoms with Crippen LogP contribution in [0.15, 0.2) is 0 Å². The van der Waals surface area contributed by atoms with Gasteiger partial charge in [0.25, 0.3) is 0 Å². The van der Waals surface area contributed by atoms with E-state index in [1.807, 2.05) is 7.05 Å². The van der Waals surface area contributed by atoms with Crippen molar-refractivity contribution >= 4 is 23.4 Å². The van der Waals surface area contributed by atoms with Crippen molar-refractivity contribution in [3.63, 3.8) is 0 Å². The van der Waals surface area contributed by atoms with Gasteiger partial charge in [-0.05, 0) is 12.8 Å². The zero-order valence-electron chi connectivity index (χ0n) is 9.20. The summed E-state index contributed by atoms with van der Waals surface area (Å²) in [5, 5.41) is 0. The molecule has 0 aromatic heterocycles. The topological polar surface area (TPSA) is 40.6 Å². The second-order valence-electron chi connectivity index (χ2n) is 3.88. The fourth-order valence-electron chi connectivity index (χ4n) is 1.84. The predicted octanol–water partition coefficient (Wildman–Crippen LogP) is 0.695. The number of rotatable bonds is 2. The van der Waals surface area contributed by atoms with E-state index in [4.69, 9.17) is 11.6 Å². The van der Waals surface area contributed by atoms with Crippen LogP contribution >= 0.6 is 11.6 Å². The average molecular weight is 233 g/mol. The Morgan fingerprint density at radius 1 is 1.40 bits per heavy atom. The minimum atomic E-state index is -0.0133. The molecule has 5 heteroatoms. The lowest BCUT2D eigenvalue weighted by Gasteiger charge is -2.36. The number of carbonyl (C=O) groups excluding carboxylic acids is 2. The first-order chi connectivity index (χ1) is 7.06. The highest BCUT2D eigenvalue weighted by Crippen LogP contribution is 2.15. The van der Waals surface area contributed by atoms with Crippen molar-refractivity contribution in [3.05, 3.63) is 0 Å². The summed E-state index contributed by atoms with van der Waals surface area (Å²) < 4.78 is 0. The Morgan fingerprint density at radius 3 is 2.33 bits per heavy atom. The number of amides is 2. The van der Waals surface area contributed by atoms with E-state index < -0.39 is 0 Å². The van der Waals surface area contributed by atoms with Crippen LogP contribution < -0.4 is 0 Å². The minimum Gasteiger partial charge on any atom is -0.343 e. The Kier molecular flexibility index (Phi) is 4.39. The van der Waals surface area contributed by atoms with Gasteiger partial charge in [-0.1, -0.05) is 0 Å². The minimum absolute atomic E-state index is 0.0133. The maximum atomic E-state index is 11.3. The van der Waals surface area contributed by atoms with Crippen LogP contribution in [0, 0.1) is 0 Å². The summed E-state index contributed by atoms with van der Waals surface area (Å²) in [5.41, 5.74) is 0. The van der Waals surface area contributed by atoms with Crippen LogP contribution in [0.1, 0.15) is 19.8 Å². The second kappa shape index (κ2) is 5.35. The molecule has 2 amide bonds. The fraction of sp³-hybridized carbons (Fsp3) is 0.800. The molecule has 1 aliphatic heterocycles. The lowest BCUT2D eigenvalue weighted by Crippen LogP contribution is -2.47. The van der Waals surface area contributed by atoms with Gasteiger partial charge in [0.1, 0.15) is 5.88 Å². The molecule has 0 spiro atoms. The number of alkyl halides is 1. The molecule has 0 atom stereocenters. The third-order valence-electron chi connectivity index (χ3n) is 2.98. The molecule has 0 unspecified atom stereocenters. The van der Waals surface area contributed by atoms with Crippen molar-refractivity contribution in [2.45, 2.75) is 25.8 Å². The third-order valence-corrected chi connectivity index (χ3v) is 3.20. The number of halogens is 1. The quantitative estimate of drug-likeness (QED) is 0.658. The monoisotopic (exact) mass is 232 g/mol. The van der Waals surface area contributed by atoms with E-state index >= 15 is 0 Å². The van der Waals surface area contributed by atoms with Crippen molar-refractivity contribution in [2.75, 3.05) is 26.0 Å². The van der Waals surface area contributed by atoms with Crippen molar-refractivity contribution < 1.29 is 9.59 Å². The molecule has 0 aromatic carbocycles. The van der Waals surface area contributed by atoms with Crippen LogP contribution in [0.25, 0.3) is 0 Å². The molecule has 15 heavy (non-hydrogen) atoms. The first kappa shape index (κ1) is 12.3. The lowest BCUT2D eigenvalue weighted by molar-refractivity contribution is -0.132. The molecule has 1 aliphatic rings. The molecule has 0 bridgehead atoms. The highest BCUT2D eigenvalue weighted by Gasteiger charge is 2.25. The molecule has 0 aliphatic carbocycles. The molecular weight excluding hydrogens is 216 g/mol. The largest absolute Gasteiger partial charge is 0.343 e. The summed E-state index contributed by atoms with van der Waals surface area (Å²) in [5.74, 6) is 0.116. The van der Waals surface area contributed by atoms with E-state index in [9.17, 15) is 9.59 Å². The molecule has 0 radical (unpaired) electrons. The standard InChI is InChI=1S/C10H17ClN2O2/c1-8(14)12(2)9-3-5-13(6-4-9)10(15)7-11/h9H,3-7H2,1-2H3. The van der Waals surface area contributed by atoms with E-state index in [0.717, 1.165) is 12.8 Å². The smallest absolute Gasteiger partial charge is 0.237 e. The van der Waals surface area contributed by atoms with Gasteiger partial charge in [-0.25, -0.2) is 0 Å². The number of piperidine rings is 1. The van der Waals surface area contributed by atoms with Gasteiger partial charge in [-0.15, -0.1) is 11.6 Å². The normalized spacial score (nSPS) is 17.7. The number of carbonyl (C=O) groups is 2. The first-order valence-electron chi connectivity index (χ1n) is 5.13. The Balaban J connectivity index is 2.42. The molecule has 86 valence electrons. The van der Waals surface area contributed by atoms with Crippen molar-refractivity contribution in [1.82, 2.24) is 9.80 Å². The van der Waals surface area contributed by atoms with Gasteiger partial charge in [0.05, 0.1) is 0 Å². The van der Waals surface area contributed by atoms with E-state index in [-0.39, 0.29) is 23.7 Å². The summed E-state index contributed by atoms with van der Waals surface area (Å²) in [7, 11) is 1.81. The van der Waals surface area contributed by atoms with Crippen LogP contribution in [0.4, 0.5) is 0 Å². The van der Waals surface area contributed by atoms with Gasteiger partial charge < -0.3 is 9.80 Å². The zero-order valence-corrected chi connectivity index (χ0v) is 9.96. The Bertz CT molecular complexity index is 250. The van der Waals surface area contributed by atoms with Gasteiger partial charge in [-0.3, -0.25) is 9.59 Å². The molecule has 1 rings (SSSR count). The molecule has 1 saturated heterocycles. The molecule has 0 aromatic rings. The number of hydrogen-bond acceptors (Lipinski definition) is 2. The van der Waals surface area contributed by atoms with Gasteiger partial charge in [-0.2, -0.15) is 0 Å².